The zero-order valence-electron chi connectivity index (χ0n) is 18.5. The fourth-order valence-corrected chi connectivity index (χ4v) is 5.14. The molecule has 5 rings (SSSR count). The summed E-state index contributed by atoms with van der Waals surface area (Å²) in [4.78, 5) is 35.6. The number of carbonyl (C=O) groups is 2. The molecule has 2 amide bonds. The number of halogens is 4. The number of aryl methyl sites for hydroxylation is 1. The van der Waals surface area contributed by atoms with Gasteiger partial charge >= 0.3 is 6.18 Å². The topological polar surface area (TPSA) is 69.3 Å². The van der Waals surface area contributed by atoms with Crippen molar-refractivity contribution in [1.29, 1.82) is 0 Å². The summed E-state index contributed by atoms with van der Waals surface area (Å²) < 4.78 is 45.8. The summed E-state index contributed by atoms with van der Waals surface area (Å²) in [6.45, 7) is 2.88. The van der Waals surface area contributed by atoms with E-state index >= 15 is 0 Å². The van der Waals surface area contributed by atoms with Crippen molar-refractivity contribution in [3.63, 3.8) is 0 Å². The van der Waals surface area contributed by atoms with Gasteiger partial charge < -0.3 is 14.5 Å². The molecule has 0 spiro atoms. The number of pyridine rings is 1. The first-order chi connectivity index (χ1) is 16.0. The van der Waals surface area contributed by atoms with Crippen LogP contribution in [0.1, 0.15) is 17.7 Å². The number of fused-ring (bicyclic) bond motifs is 2. The average Bonchev–Trinajstić information content (AvgIpc) is 3.51. The van der Waals surface area contributed by atoms with Crippen LogP contribution >= 0.6 is 11.6 Å². The van der Waals surface area contributed by atoms with Gasteiger partial charge in [-0.1, -0.05) is 17.7 Å². The highest BCUT2D eigenvalue weighted by molar-refractivity contribution is 6.34. The Hall–Kier alpha value is -2.85. The highest BCUT2D eigenvalue weighted by atomic mass is 35.5. The normalized spacial score (nSPS) is 24.6. The molecule has 3 aliphatic heterocycles. The molecule has 1 unspecified atom stereocenters. The maximum absolute atomic E-state index is 13.7. The van der Waals surface area contributed by atoms with E-state index in [9.17, 15) is 22.8 Å². The molecule has 11 heteroatoms. The number of para-hydroxylation sites is 1. The van der Waals surface area contributed by atoms with Crippen LogP contribution in [0.15, 0.2) is 30.3 Å². The highest BCUT2D eigenvalue weighted by Gasteiger charge is 2.49. The number of anilines is 3. The van der Waals surface area contributed by atoms with E-state index in [4.69, 9.17) is 16.3 Å². The second kappa shape index (κ2) is 8.13. The van der Waals surface area contributed by atoms with Crippen molar-refractivity contribution in [3.8, 4) is 0 Å². The first kappa shape index (κ1) is 22.9. The molecule has 2 fully saturated rings. The first-order valence-electron chi connectivity index (χ1n) is 10.8. The van der Waals surface area contributed by atoms with Gasteiger partial charge in [-0.2, -0.15) is 13.2 Å². The van der Waals surface area contributed by atoms with Crippen LogP contribution in [0.3, 0.4) is 0 Å². The van der Waals surface area contributed by atoms with Gasteiger partial charge in [-0.25, -0.2) is 4.98 Å². The Morgan fingerprint density at radius 2 is 1.97 bits per heavy atom. The molecule has 0 radical (unpaired) electrons. The standard InChI is InChI=1S/C23H22ClF3N4O3/c1-12-6-14(23(25,26)27)8-18(28-12)31-19(32)7-13-9-30(10-15-11-34-15)21-16(24)4-3-5-17(21)29(2)22(33)20(13)31/h3-6,8,13,15,20H,7,9-11H2,1-2H3/t13-,15?,20+/m1/s1. The number of hydrogen-bond acceptors (Lipinski definition) is 5. The lowest BCUT2D eigenvalue weighted by atomic mass is 9.95. The van der Waals surface area contributed by atoms with Crippen LogP contribution in [-0.4, -0.2) is 55.7 Å². The van der Waals surface area contributed by atoms with E-state index in [1.54, 1.807) is 25.2 Å². The van der Waals surface area contributed by atoms with Crippen molar-refractivity contribution in [2.45, 2.75) is 31.7 Å². The fourth-order valence-electron chi connectivity index (χ4n) is 4.85. The molecule has 2 aromatic rings. The van der Waals surface area contributed by atoms with Crippen molar-refractivity contribution >= 4 is 40.6 Å². The monoisotopic (exact) mass is 494 g/mol. The molecule has 3 atom stereocenters. The summed E-state index contributed by atoms with van der Waals surface area (Å²) in [6, 6.07) is 5.98. The Bertz CT molecular complexity index is 1170. The van der Waals surface area contributed by atoms with Crippen LogP contribution in [0.4, 0.5) is 30.4 Å². The number of nitrogens with zero attached hydrogens (tertiary/aromatic N) is 4. The molecule has 1 aromatic heterocycles. The number of carbonyl (C=O) groups excluding carboxylic acids is 2. The Labute approximate surface area is 199 Å². The summed E-state index contributed by atoms with van der Waals surface area (Å²) in [7, 11) is 1.58. The lowest BCUT2D eigenvalue weighted by Crippen LogP contribution is -2.52. The third kappa shape index (κ3) is 3.98. The molecule has 3 aliphatic rings. The zero-order chi connectivity index (χ0) is 24.4. The van der Waals surface area contributed by atoms with Gasteiger partial charge in [0.05, 0.1) is 34.7 Å². The number of ether oxygens (including phenoxy) is 1. The van der Waals surface area contributed by atoms with Crippen LogP contribution in [0, 0.1) is 12.8 Å². The molecule has 4 heterocycles. The van der Waals surface area contributed by atoms with E-state index in [1.165, 1.54) is 11.8 Å². The molecular formula is C23H22ClF3N4O3. The Kier molecular flexibility index (Phi) is 5.48. The number of epoxide rings is 1. The number of hydrogen-bond donors (Lipinski definition) is 0. The number of alkyl halides is 3. The molecule has 34 heavy (non-hydrogen) atoms. The Morgan fingerprint density at radius 1 is 1.24 bits per heavy atom. The lowest BCUT2D eigenvalue weighted by Gasteiger charge is -2.39. The number of amides is 2. The summed E-state index contributed by atoms with van der Waals surface area (Å²) in [5, 5.41) is 0.465. The second-order valence-electron chi connectivity index (χ2n) is 8.89. The fraction of sp³-hybridized carbons (Fsp3) is 0.435. The van der Waals surface area contributed by atoms with E-state index in [-0.39, 0.29) is 24.0 Å². The van der Waals surface area contributed by atoms with Gasteiger partial charge in [-0.3, -0.25) is 14.5 Å². The summed E-state index contributed by atoms with van der Waals surface area (Å²) in [5.41, 5.74) is 0.428. The van der Waals surface area contributed by atoms with E-state index in [0.29, 0.717) is 36.1 Å². The molecule has 0 aliphatic carbocycles. The maximum atomic E-state index is 13.7. The number of benzene rings is 1. The Morgan fingerprint density at radius 3 is 2.65 bits per heavy atom. The highest BCUT2D eigenvalue weighted by Crippen LogP contribution is 2.43. The van der Waals surface area contributed by atoms with Crippen LogP contribution < -0.4 is 14.7 Å². The smallest absolute Gasteiger partial charge is 0.371 e. The van der Waals surface area contributed by atoms with E-state index in [1.807, 2.05) is 4.90 Å². The predicted octanol–water partition coefficient (Wildman–Crippen LogP) is 3.67. The molecule has 0 saturated carbocycles. The molecule has 180 valence electrons. The van der Waals surface area contributed by atoms with Crippen LogP contribution in [0.2, 0.25) is 5.02 Å². The van der Waals surface area contributed by atoms with Gasteiger partial charge in [0.25, 0.3) is 0 Å². The van der Waals surface area contributed by atoms with Gasteiger partial charge in [0.1, 0.15) is 11.9 Å². The van der Waals surface area contributed by atoms with Gasteiger partial charge in [0, 0.05) is 38.2 Å². The number of aromatic nitrogens is 1. The summed E-state index contributed by atoms with van der Waals surface area (Å²) in [5.74, 6) is -1.49. The predicted molar refractivity (Wildman–Crippen MR) is 120 cm³/mol. The van der Waals surface area contributed by atoms with Crippen molar-refractivity contribution in [2.75, 3.05) is 41.4 Å². The molecule has 0 bridgehead atoms. The molecule has 0 N–H and O–H groups in total. The minimum Gasteiger partial charge on any atom is -0.371 e. The maximum Gasteiger partial charge on any atom is 0.416 e. The number of likely N-dealkylation sites (N-methyl/N-ethyl adjacent to an activating group) is 1. The van der Waals surface area contributed by atoms with Gasteiger partial charge in [-0.15, -0.1) is 0 Å². The second-order valence-corrected chi connectivity index (χ2v) is 9.30. The zero-order valence-corrected chi connectivity index (χ0v) is 19.2. The van der Waals surface area contributed by atoms with Crippen molar-refractivity contribution in [2.24, 2.45) is 5.92 Å². The quantitative estimate of drug-likeness (QED) is 0.609. The largest absolute Gasteiger partial charge is 0.416 e. The van der Waals surface area contributed by atoms with Gasteiger partial charge in [0.2, 0.25) is 11.8 Å². The first-order valence-corrected chi connectivity index (χ1v) is 11.2. The molecule has 1 aromatic carbocycles. The number of rotatable bonds is 3. The lowest BCUT2D eigenvalue weighted by molar-refractivity contribution is -0.137. The Balaban J connectivity index is 1.60. The van der Waals surface area contributed by atoms with E-state index in [2.05, 4.69) is 4.98 Å². The SMILES string of the molecule is Cc1cc(C(F)(F)F)cc(N2C(=O)C[C@@H]3CN(CC4CO4)c4c(Cl)cccc4N(C)C(=O)[C@H]32)n1. The van der Waals surface area contributed by atoms with Crippen molar-refractivity contribution in [3.05, 3.63) is 46.6 Å². The minimum atomic E-state index is -4.61. The van der Waals surface area contributed by atoms with E-state index in [0.717, 1.165) is 17.0 Å². The third-order valence-corrected chi connectivity index (χ3v) is 6.76. The van der Waals surface area contributed by atoms with Crippen molar-refractivity contribution in [1.82, 2.24) is 4.98 Å². The molecule has 2 saturated heterocycles. The van der Waals surface area contributed by atoms with Crippen LogP contribution in [-0.2, 0) is 20.5 Å². The van der Waals surface area contributed by atoms with Crippen molar-refractivity contribution < 1.29 is 27.5 Å². The van der Waals surface area contributed by atoms with E-state index < -0.39 is 35.5 Å². The summed E-state index contributed by atoms with van der Waals surface area (Å²) in [6.07, 6.45) is -4.59. The minimum absolute atomic E-state index is 0.00301. The third-order valence-electron chi connectivity index (χ3n) is 6.45. The van der Waals surface area contributed by atoms with Crippen LogP contribution in [0.25, 0.3) is 0 Å². The summed E-state index contributed by atoms with van der Waals surface area (Å²) >= 11 is 6.54. The average molecular weight is 495 g/mol. The van der Waals surface area contributed by atoms with Crippen LogP contribution in [0.5, 0.6) is 0 Å². The van der Waals surface area contributed by atoms with Gasteiger partial charge in [0.15, 0.2) is 0 Å². The molecular weight excluding hydrogens is 473 g/mol. The van der Waals surface area contributed by atoms with Gasteiger partial charge in [-0.05, 0) is 31.2 Å². The molecule has 7 nitrogen and oxygen atoms in total.